The van der Waals surface area contributed by atoms with Gasteiger partial charge in [-0.25, -0.2) is 0 Å². The highest BCUT2D eigenvalue weighted by molar-refractivity contribution is 9.10. The molecule has 0 fully saturated rings. The molecule has 2 amide bonds. The molecule has 0 radical (unpaired) electrons. The van der Waals surface area contributed by atoms with Crippen LogP contribution in [0.1, 0.15) is 12.5 Å². The second-order valence-electron chi connectivity index (χ2n) is 3.73. The van der Waals surface area contributed by atoms with Gasteiger partial charge in [0.2, 0.25) is 11.8 Å². The second-order valence-corrected chi connectivity index (χ2v) is 4.64. The van der Waals surface area contributed by atoms with E-state index in [0.717, 1.165) is 15.7 Å². The predicted molar refractivity (Wildman–Crippen MR) is 75.3 cm³/mol. The van der Waals surface area contributed by atoms with Crippen LogP contribution in [0.25, 0.3) is 0 Å². The summed E-state index contributed by atoms with van der Waals surface area (Å²) < 4.78 is 0.958. The number of halogens is 1. The van der Waals surface area contributed by atoms with E-state index in [4.69, 9.17) is 0 Å². The molecule has 0 spiro atoms. The molecule has 0 aromatic heterocycles. The van der Waals surface area contributed by atoms with Gasteiger partial charge in [0, 0.05) is 10.2 Å². The molecule has 0 aliphatic carbocycles. The van der Waals surface area contributed by atoms with Gasteiger partial charge in [-0.05, 0) is 43.7 Å². The highest BCUT2D eigenvalue weighted by Crippen LogP contribution is 2.19. The predicted octanol–water partition coefficient (Wildman–Crippen LogP) is 2.39. The lowest BCUT2D eigenvalue weighted by Crippen LogP contribution is -2.31. The molecule has 2 N–H and O–H groups in total. The maximum atomic E-state index is 11.6. The largest absolute Gasteiger partial charge is 0.343 e. The van der Waals surface area contributed by atoms with Gasteiger partial charge in [0.1, 0.15) is 0 Å². The fourth-order valence-electron chi connectivity index (χ4n) is 1.34. The summed E-state index contributed by atoms with van der Waals surface area (Å²) in [6, 6.07) is 5.57. The van der Waals surface area contributed by atoms with Gasteiger partial charge >= 0.3 is 0 Å². The molecule has 5 heteroatoms. The molecular weight excluding hydrogens is 296 g/mol. The molecule has 0 saturated heterocycles. The normalized spacial score (nSPS) is 10.4. The van der Waals surface area contributed by atoms with Gasteiger partial charge in [0.15, 0.2) is 0 Å². The lowest BCUT2D eigenvalue weighted by atomic mass is 10.2. The average Bonchev–Trinajstić information content (AvgIpc) is 2.31. The van der Waals surface area contributed by atoms with Gasteiger partial charge in [-0.3, -0.25) is 9.59 Å². The Bertz CT molecular complexity index is 484. The van der Waals surface area contributed by atoms with Crippen LogP contribution in [0.4, 0.5) is 5.69 Å². The summed E-state index contributed by atoms with van der Waals surface area (Å²) >= 11 is 3.35. The summed E-state index contributed by atoms with van der Waals surface area (Å²) in [5, 5.41) is 5.22. The molecule has 0 unspecified atom stereocenters. The van der Waals surface area contributed by atoms with E-state index in [-0.39, 0.29) is 18.4 Å². The highest BCUT2D eigenvalue weighted by atomic mass is 79.9. The topological polar surface area (TPSA) is 58.2 Å². The van der Waals surface area contributed by atoms with E-state index in [0.29, 0.717) is 0 Å². The van der Waals surface area contributed by atoms with Crippen LogP contribution in [-0.4, -0.2) is 18.4 Å². The fraction of sp³-hybridized carbons (Fsp3) is 0.231. The molecule has 1 aromatic rings. The van der Waals surface area contributed by atoms with Gasteiger partial charge in [-0.15, -0.1) is 0 Å². The van der Waals surface area contributed by atoms with Crippen molar-refractivity contribution in [1.29, 1.82) is 0 Å². The Morgan fingerprint density at radius 2 is 2.11 bits per heavy atom. The van der Waals surface area contributed by atoms with E-state index in [9.17, 15) is 9.59 Å². The molecule has 0 heterocycles. The van der Waals surface area contributed by atoms with E-state index in [1.807, 2.05) is 25.1 Å². The quantitative estimate of drug-likeness (QED) is 0.839. The van der Waals surface area contributed by atoms with Crippen molar-refractivity contribution in [3.05, 3.63) is 40.4 Å². The molecule has 0 aliphatic heterocycles. The first-order valence-electron chi connectivity index (χ1n) is 5.49. The van der Waals surface area contributed by atoms with E-state index in [1.54, 1.807) is 13.0 Å². The molecule has 0 atom stereocenters. The smallest absolute Gasteiger partial charge is 0.244 e. The number of aryl methyl sites for hydroxylation is 1. The van der Waals surface area contributed by atoms with Crippen molar-refractivity contribution in [2.75, 3.05) is 11.9 Å². The second kappa shape index (κ2) is 6.96. The maximum Gasteiger partial charge on any atom is 0.244 e. The zero-order chi connectivity index (χ0) is 13.5. The Morgan fingerprint density at radius 3 is 2.72 bits per heavy atom. The summed E-state index contributed by atoms with van der Waals surface area (Å²) in [6.45, 7) is 3.60. The van der Waals surface area contributed by atoms with Crippen LogP contribution in [0.2, 0.25) is 0 Å². The minimum Gasteiger partial charge on any atom is -0.343 e. The summed E-state index contributed by atoms with van der Waals surface area (Å²) in [5.74, 6) is -0.529. The number of nitrogens with one attached hydrogen (secondary N) is 2. The number of amides is 2. The van der Waals surface area contributed by atoms with Crippen molar-refractivity contribution in [2.24, 2.45) is 0 Å². The summed E-state index contributed by atoms with van der Waals surface area (Å²) in [6.07, 6.45) is 2.99. The SMILES string of the molecule is C/C=C/C(=O)NCC(=O)Nc1ccc(Br)cc1C. The first-order chi connectivity index (χ1) is 8.52. The number of allylic oxidation sites excluding steroid dienone is 1. The zero-order valence-corrected chi connectivity index (χ0v) is 11.9. The van der Waals surface area contributed by atoms with Gasteiger partial charge in [-0.2, -0.15) is 0 Å². The molecule has 96 valence electrons. The summed E-state index contributed by atoms with van der Waals surface area (Å²) in [4.78, 5) is 22.7. The molecule has 1 aromatic carbocycles. The van der Waals surface area contributed by atoms with Crippen molar-refractivity contribution in [3.63, 3.8) is 0 Å². The number of benzene rings is 1. The number of anilines is 1. The van der Waals surface area contributed by atoms with Crippen molar-refractivity contribution in [3.8, 4) is 0 Å². The lowest BCUT2D eigenvalue weighted by Gasteiger charge is -2.08. The van der Waals surface area contributed by atoms with Crippen LogP contribution in [0.5, 0.6) is 0 Å². The highest BCUT2D eigenvalue weighted by Gasteiger charge is 2.05. The molecule has 18 heavy (non-hydrogen) atoms. The Kier molecular flexibility index (Phi) is 5.58. The van der Waals surface area contributed by atoms with Crippen LogP contribution in [0.15, 0.2) is 34.8 Å². The summed E-state index contributed by atoms with van der Waals surface area (Å²) in [5.41, 5.74) is 1.70. The van der Waals surface area contributed by atoms with Crippen LogP contribution in [0.3, 0.4) is 0 Å². The third-order valence-corrected chi connectivity index (χ3v) is 2.70. The zero-order valence-electron chi connectivity index (χ0n) is 10.3. The third-order valence-electron chi connectivity index (χ3n) is 2.20. The molecular formula is C13H15BrN2O2. The van der Waals surface area contributed by atoms with E-state index < -0.39 is 0 Å². The van der Waals surface area contributed by atoms with Crippen molar-refractivity contribution in [2.45, 2.75) is 13.8 Å². The van der Waals surface area contributed by atoms with Crippen molar-refractivity contribution < 1.29 is 9.59 Å². The first-order valence-corrected chi connectivity index (χ1v) is 6.28. The van der Waals surface area contributed by atoms with E-state index in [1.165, 1.54) is 6.08 Å². The Labute approximate surface area is 115 Å². The first kappa shape index (κ1) is 14.4. The molecule has 0 aliphatic rings. The Hall–Kier alpha value is -1.62. The number of hydrogen-bond acceptors (Lipinski definition) is 2. The monoisotopic (exact) mass is 310 g/mol. The Morgan fingerprint density at radius 1 is 1.39 bits per heavy atom. The number of carbonyl (C=O) groups is 2. The van der Waals surface area contributed by atoms with Crippen LogP contribution in [-0.2, 0) is 9.59 Å². The number of hydrogen-bond donors (Lipinski definition) is 2. The number of rotatable bonds is 4. The Balaban J connectivity index is 2.52. The van der Waals surface area contributed by atoms with E-state index in [2.05, 4.69) is 26.6 Å². The van der Waals surface area contributed by atoms with Crippen LogP contribution in [0, 0.1) is 6.92 Å². The minimum atomic E-state index is -0.278. The van der Waals surface area contributed by atoms with Gasteiger partial charge in [0.25, 0.3) is 0 Å². The van der Waals surface area contributed by atoms with Crippen molar-refractivity contribution >= 4 is 33.4 Å². The van der Waals surface area contributed by atoms with Crippen molar-refractivity contribution in [1.82, 2.24) is 5.32 Å². The average molecular weight is 311 g/mol. The summed E-state index contributed by atoms with van der Waals surface area (Å²) in [7, 11) is 0. The lowest BCUT2D eigenvalue weighted by molar-refractivity contribution is -0.121. The molecule has 0 bridgehead atoms. The van der Waals surface area contributed by atoms with E-state index >= 15 is 0 Å². The number of carbonyl (C=O) groups excluding carboxylic acids is 2. The molecule has 0 saturated carbocycles. The molecule has 1 rings (SSSR count). The van der Waals surface area contributed by atoms with Gasteiger partial charge in [-0.1, -0.05) is 22.0 Å². The fourth-order valence-corrected chi connectivity index (χ4v) is 1.81. The van der Waals surface area contributed by atoms with Crippen LogP contribution < -0.4 is 10.6 Å². The molecule has 4 nitrogen and oxygen atoms in total. The standard InChI is InChI=1S/C13H15BrN2O2/c1-3-4-12(17)15-8-13(18)16-11-6-5-10(14)7-9(11)2/h3-7H,8H2,1-2H3,(H,15,17)(H,16,18)/b4-3+. The minimum absolute atomic E-state index is 0.0430. The van der Waals surface area contributed by atoms with Crippen LogP contribution >= 0.6 is 15.9 Å². The van der Waals surface area contributed by atoms with Gasteiger partial charge < -0.3 is 10.6 Å². The van der Waals surface area contributed by atoms with Gasteiger partial charge in [0.05, 0.1) is 6.54 Å². The maximum absolute atomic E-state index is 11.6. The third kappa shape index (κ3) is 4.71.